The summed E-state index contributed by atoms with van der Waals surface area (Å²) < 4.78 is 5.09. The summed E-state index contributed by atoms with van der Waals surface area (Å²) in [5.74, 6) is 0.361. The number of hydrogen-bond donors (Lipinski definition) is 2. The molecule has 16 heavy (non-hydrogen) atoms. The average molecular weight is 223 g/mol. The quantitative estimate of drug-likeness (QED) is 0.785. The van der Waals surface area contributed by atoms with Crippen LogP contribution in [0, 0.1) is 0 Å². The molecule has 1 unspecified atom stereocenters. The van der Waals surface area contributed by atoms with Crippen molar-refractivity contribution >= 4 is 11.6 Å². The second-order valence-electron chi connectivity index (χ2n) is 3.46. The Kier molecular flexibility index (Phi) is 4.72. The lowest BCUT2D eigenvalue weighted by Gasteiger charge is -2.12. The molecule has 0 aliphatic rings. The van der Waals surface area contributed by atoms with E-state index in [1.54, 1.807) is 12.3 Å². The van der Waals surface area contributed by atoms with Crippen molar-refractivity contribution in [1.82, 2.24) is 4.98 Å². The SMILES string of the molecule is CCCC(N)C(=O)Nc1cnccc1OC. The molecule has 1 amide bonds. The summed E-state index contributed by atoms with van der Waals surface area (Å²) in [6.07, 6.45) is 4.67. The van der Waals surface area contributed by atoms with E-state index in [1.165, 1.54) is 13.3 Å². The van der Waals surface area contributed by atoms with E-state index in [-0.39, 0.29) is 5.91 Å². The first kappa shape index (κ1) is 12.4. The first-order valence-corrected chi connectivity index (χ1v) is 5.23. The van der Waals surface area contributed by atoms with Crippen LogP contribution in [0.4, 0.5) is 5.69 Å². The summed E-state index contributed by atoms with van der Waals surface area (Å²) in [5, 5.41) is 2.69. The molecule has 0 saturated heterocycles. The summed E-state index contributed by atoms with van der Waals surface area (Å²) in [4.78, 5) is 15.6. The fraction of sp³-hybridized carbons (Fsp3) is 0.455. The van der Waals surface area contributed by atoms with Crippen LogP contribution in [-0.4, -0.2) is 24.0 Å². The van der Waals surface area contributed by atoms with Crippen molar-refractivity contribution in [3.8, 4) is 5.75 Å². The normalized spacial score (nSPS) is 11.9. The van der Waals surface area contributed by atoms with Crippen molar-refractivity contribution in [1.29, 1.82) is 0 Å². The van der Waals surface area contributed by atoms with E-state index in [0.717, 1.165) is 6.42 Å². The van der Waals surface area contributed by atoms with E-state index in [1.807, 2.05) is 6.92 Å². The Hall–Kier alpha value is -1.62. The zero-order chi connectivity index (χ0) is 12.0. The molecular weight excluding hydrogens is 206 g/mol. The summed E-state index contributed by atoms with van der Waals surface area (Å²) in [6, 6.07) is 1.19. The number of methoxy groups -OCH3 is 1. The van der Waals surface area contributed by atoms with Crippen LogP contribution >= 0.6 is 0 Å². The molecule has 0 saturated carbocycles. The Morgan fingerprint density at radius 2 is 2.44 bits per heavy atom. The first-order valence-electron chi connectivity index (χ1n) is 5.23. The topological polar surface area (TPSA) is 77.2 Å². The second kappa shape index (κ2) is 6.07. The molecule has 1 heterocycles. The lowest BCUT2D eigenvalue weighted by Crippen LogP contribution is -2.35. The number of rotatable bonds is 5. The van der Waals surface area contributed by atoms with Gasteiger partial charge in [-0.25, -0.2) is 0 Å². The van der Waals surface area contributed by atoms with E-state index >= 15 is 0 Å². The molecule has 1 rings (SSSR count). The van der Waals surface area contributed by atoms with E-state index in [2.05, 4.69) is 10.3 Å². The highest BCUT2D eigenvalue weighted by Gasteiger charge is 2.14. The standard InChI is InChI=1S/C11H17N3O2/c1-3-4-8(12)11(15)14-9-7-13-6-5-10(9)16-2/h5-8H,3-4,12H2,1-2H3,(H,14,15). The Morgan fingerprint density at radius 3 is 3.06 bits per heavy atom. The largest absolute Gasteiger partial charge is 0.494 e. The number of amides is 1. The molecule has 0 radical (unpaired) electrons. The third-order valence-corrected chi connectivity index (χ3v) is 2.20. The third kappa shape index (κ3) is 3.20. The van der Waals surface area contributed by atoms with Crippen LogP contribution in [0.5, 0.6) is 5.75 Å². The molecular formula is C11H17N3O2. The highest BCUT2D eigenvalue weighted by molar-refractivity contribution is 5.95. The Labute approximate surface area is 95.0 Å². The zero-order valence-corrected chi connectivity index (χ0v) is 9.56. The molecule has 1 aromatic rings. The minimum atomic E-state index is -0.491. The predicted molar refractivity (Wildman–Crippen MR) is 62.3 cm³/mol. The van der Waals surface area contributed by atoms with Crippen LogP contribution in [0.15, 0.2) is 18.5 Å². The molecule has 0 aliphatic carbocycles. The lowest BCUT2D eigenvalue weighted by molar-refractivity contribution is -0.117. The number of aromatic nitrogens is 1. The molecule has 0 fully saturated rings. The van der Waals surface area contributed by atoms with Crippen LogP contribution < -0.4 is 15.8 Å². The molecule has 1 atom stereocenters. The summed E-state index contributed by atoms with van der Waals surface area (Å²) in [5.41, 5.74) is 6.24. The van der Waals surface area contributed by atoms with E-state index in [4.69, 9.17) is 10.5 Å². The van der Waals surface area contributed by atoms with Crippen molar-refractivity contribution in [3.63, 3.8) is 0 Å². The molecule has 5 nitrogen and oxygen atoms in total. The van der Waals surface area contributed by atoms with Gasteiger partial charge in [0.25, 0.3) is 0 Å². The highest BCUT2D eigenvalue weighted by atomic mass is 16.5. The van der Waals surface area contributed by atoms with E-state index in [0.29, 0.717) is 17.9 Å². The Balaban J connectivity index is 2.69. The number of pyridine rings is 1. The maximum Gasteiger partial charge on any atom is 0.241 e. The molecule has 0 bridgehead atoms. The van der Waals surface area contributed by atoms with Gasteiger partial charge in [-0.1, -0.05) is 13.3 Å². The number of nitrogens with one attached hydrogen (secondary N) is 1. The minimum Gasteiger partial charge on any atom is -0.494 e. The molecule has 5 heteroatoms. The molecule has 3 N–H and O–H groups in total. The number of carbonyl (C=O) groups excluding carboxylic acids is 1. The summed E-state index contributed by atoms with van der Waals surface area (Å²) in [6.45, 7) is 1.98. The van der Waals surface area contributed by atoms with Crippen molar-refractivity contribution in [2.45, 2.75) is 25.8 Å². The van der Waals surface area contributed by atoms with Gasteiger partial charge in [-0.2, -0.15) is 0 Å². The molecule has 88 valence electrons. The second-order valence-corrected chi connectivity index (χ2v) is 3.46. The van der Waals surface area contributed by atoms with Gasteiger partial charge < -0.3 is 15.8 Å². The number of hydrogen-bond acceptors (Lipinski definition) is 4. The number of nitrogens with zero attached hydrogens (tertiary/aromatic N) is 1. The van der Waals surface area contributed by atoms with Gasteiger partial charge in [0.2, 0.25) is 5.91 Å². The van der Waals surface area contributed by atoms with Crippen LogP contribution in [-0.2, 0) is 4.79 Å². The fourth-order valence-corrected chi connectivity index (χ4v) is 1.32. The zero-order valence-electron chi connectivity index (χ0n) is 9.56. The molecule has 1 aromatic heterocycles. The van der Waals surface area contributed by atoms with Gasteiger partial charge in [-0.15, -0.1) is 0 Å². The maximum atomic E-state index is 11.7. The fourth-order valence-electron chi connectivity index (χ4n) is 1.32. The number of nitrogens with two attached hydrogens (primary N) is 1. The molecule has 0 spiro atoms. The number of anilines is 1. The van der Waals surface area contributed by atoms with Crippen LogP contribution in [0.1, 0.15) is 19.8 Å². The average Bonchev–Trinajstić information content (AvgIpc) is 2.30. The smallest absolute Gasteiger partial charge is 0.241 e. The van der Waals surface area contributed by atoms with Gasteiger partial charge in [-0.3, -0.25) is 9.78 Å². The van der Waals surface area contributed by atoms with Gasteiger partial charge in [-0.05, 0) is 6.42 Å². The van der Waals surface area contributed by atoms with Crippen LogP contribution in [0.3, 0.4) is 0 Å². The van der Waals surface area contributed by atoms with Gasteiger partial charge in [0.15, 0.2) is 0 Å². The monoisotopic (exact) mass is 223 g/mol. The van der Waals surface area contributed by atoms with Gasteiger partial charge >= 0.3 is 0 Å². The summed E-state index contributed by atoms with van der Waals surface area (Å²) >= 11 is 0. The highest BCUT2D eigenvalue weighted by Crippen LogP contribution is 2.21. The molecule has 0 aliphatic heterocycles. The van der Waals surface area contributed by atoms with Gasteiger partial charge in [0.05, 0.1) is 19.3 Å². The van der Waals surface area contributed by atoms with Crippen molar-refractivity contribution in [3.05, 3.63) is 18.5 Å². The van der Waals surface area contributed by atoms with Crippen molar-refractivity contribution in [2.24, 2.45) is 5.73 Å². The predicted octanol–water partition coefficient (Wildman–Crippen LogP) is 1.16. The van der Waals surface area contributed by atoms with Crippen LogP contribution in [0.2, 0.25) is 0 Å². The van der Waals surface area contributed by atoms with Crippen LogP contribution in [0.25, 0.3) is 0 Å². The Bertz CT molecular complexity index is 355. The van der Waals surface area contributed by atoms with Gasteiger partial charge in [0, 0.05) is 12.3 Å². The number of ether oxygens (including phenoxy) is 1. The summed E-state index contributed by atoms with van der Waals surface area (Å²) in [7, 11) is 1.54. The lowest BCUT2D eigenvalue weighted by atomic mass is 10.1. The van der Waals surface area contributed by atoms with Crippen molar-refractivity contribution < 1.29 is 9.53 Å². The minimum absolute atomic E-state index is 0.215. The Morgan fingerprint density at radius 1 is 1.69 bits per heavy atom. The van der Waals surface area contributed by atoms with Gasteiger partial charge in [0.1, 0.15) is 11.4 Å². The van der Waals surface area contributed by atoms with E-state index in [9.17, 15) is 4.79 Å². The number of carbonyl (C=O) groups is 1. The third-order valence-electron chi connectivity index (χ3n) is 2.20. The maximum absolute atomic E-state index is 11.7. The van der Waals surface area contributed by atoms with Crippen molar-refractivity contribution in [2.75, 3.05) is 12.4 Å². The first-order chi connectivity index (χ1) is 7.69. The van der Waals surface area contributed by atoms with E-state index < -0.39 is 6.04 Å². The molecule has 0 aromatic carbocycles.